The number of alkyl halides is 12. The number of hydrogen-bond acceptors (Lipinski definition) is 8. The molecular weight excluding hydrogens is 965 g/mol. The molecule has 0 N–H and O–H groups in total. The van der Waals surface area contributed by atoms with E-state index >= 15 is 0 Å². The summed E-state index contributed by atoms with van der Waals surface area (Å²) in [5, 5.41) is 0. The van der Waals surface area contributed by atoms with Gasteiger partial charge in [0, 0.05) is 45.3 Å². The molecule has 8 nitrogen and oxygen atoms in total. The Morgan fingerprint density at radius 2 is 0.556 bits per heavy atom. The summed E-state index contributed by atoms with van der Waals surface area (Å²) in [7, 11) is 0. The van der Waals surface area contributed by atoms with E-state index in [9.17, 15) is 52.7 Å². The zero-order valence-corrected chi connectivity index (χ0v) is 37.1. The molecule has 0 aliphatic carbocycles. The number of rotatable bonds is 6. The molecule has 72 heavy (non-hydrogen) atoms. The van der Waals surface area contributed by atoms with Crippen molar-refractivity contribution in [1.82, 2.24) is 0 Å². The lowest BCUT2D eigenvalue weighted by Gasteiger charge is -2.40. The van der Waals surface area contributed by atoms with Gasteiger partial charge in [0.05, 0.1) is 33.6 Å². The SMILES string of the molecule is CC1=C(c2ccccc2)N(c2cccc(C(F)(F)F)c2)C2=N/C(=C3\N=C4C(=N3)N(c3cccc(C(F)(F)F)c3)C(c3ccccc3)=C(C)N4c3cccc(C(F)(F)F)c3)N=C2N1c1cccc(C(F)(F)F)c1. The van der Waals surface area contributed by atoms with E-state index in [0.717, 1.165) is 48.5 Å². The summed E-state index contributed by atoms with van der Waals surface area (Å²) in [5.74, 6) is -1.50. The molecule has 0 saturated heterocycles. The van der Waals surface area contributed by atoms with Gasteiger partial charge in [0.15, 0.2) is 23.3 Å². The lowest BCUT2D eigenvalue weighted by atomic mass is 10.0. The van der Waals surface area contributed by atoms with Gasteiger partial charge < -0.3 is 0 Å². The predicted octanol–water partition coefficient (Wildman–Crippen LogP) is 14.6. The summed E-state index contributed by atoms with van der Waals surface area (Å²) in [4.78, 5) is 24.6. The summed E-state index contributed by atoms with van der Waals surface area (Å²) < 4.78 is 173. The van der Waals surface area contributed by atoms with Gasteiger partial charge in [-0.3, -0.25) is 19.6 Å². The summed E-state index contributed by atoms with van der Waals surface area (Å²) >= 11 is 0. The number of nitrogens with zero attached hydrogens (tertiary/aromatic N) is 8. The minimum atomic E-state index is -4.82. The maximum absolute atomic E-state index is 14.4. The molecule has 4 aliphatic rings. The molecule has 20 heteroatoms. The Morgan fingerprint density at radius 1 is 0.306 bits per heavy atom. The lowest BCUT2D eigenvalue weighted by molar-refractivity contribution is -0.138. The molecule has 0 fully saturated rings. The van der Waals surface area contributed by atoms with Crippen molar-refractivity contribution in [2.75, 3.05) is 19.6 Å². The van der Waals surface area contributed by atoms with E-state index in [1.807, 2.05) is 0 Å². The third-order valence-corrected chi connectivity index (χ3v) is 11.9. The van der Waals surface area contributed by atoms with Crippen molar-refractivity contribution in [3.05, 3.63) is 214 Å². The van der Waals surface area contributed by atoms with Crippen LogP contribution in [0.2, 0.25) is 0 Å². The van der Waals surface area contributed by atoms with E-state index in [1.54, 1.807) is 60.7 Å². The van der Waals surface area contributed by atoms with Crippen LogP contribution < -0.4 is 19.6 Å². The van der Waals surface area contributed by atoms with Gasteiger partial charge in [-0.05, 0) is 86.6 Å². The average Bonchev–Trinajstić information content (AvgIpc) is 3.98. The third kappa shape index (κ3) is 8.45. The predicted molar refractivity (Wildman–Crippen MR) is 251 cm³/mol. The molecule has 4 aliphatic heterocycles. The molecular formula is C52H32F12N8. The van der Waals surface area contributed by atoms with Gasteiger partial charge >= 0.3 is 24.7 Å². The fourth-order valence-corrected chi connectivity index (χ4v) is 8.80. The fourth-order valence-electron chi connectivity index (χ4n) is 8.80. The van der Waals surface area contributed by atoms with Crippen LogP contribution in [0.5, 0.6) is 0 Å². The zero-order valence-electron chi connectivity index (χ0n) is 37.1. The molecule has 6 aromatic carbocycles. The standard InChI is InChI=1S/C52H32F12N8/c1-29-41(31-13-5-3-6-14-31)71(39-23-11-19-35(27-39)51(59,60)61)47-45(69(29)37-21-9-17-33(25-37)49(53,54)55)65-43(67-47)44-66-46-48(68-44)72(40-24-12-20-36(28-40)52(62,63)64)42(32-15-7-4-8-16-32)30(2)70(46)38-22-10-18-34(26-38)50(56,57)58/h3-28H,1-2H3/b44-43+. The van der Waals surface area contributed by atoms with Crippen LogP contribution in [-0.2, 0) is 24.7 Å². The van der Waals surface area contributed by atoms with Crippen LogP contribution in [0.3, 0.4) is 0 Å². The molecule has 0 bridgehead atoms. The van der Waals surface area contributed by atoms with Gasteiger partial charge in [-0.25, -0.2) is 20.0 Å². The second-order valence-electron chi connectivity index (χ2n) is 16.5. The summed E-state index contributed by atoms with van der Waals surface area (Å²) in [6.45, 7) is 3.08. The van der Waals surface area contributed by atoms with E-state index in [0.29, 0.717) is 11.1 Å². The Hall–Kier alpha value is -8.42. The van der Waals surface area contributed by atoms with Crippen LogP contribution in [-0.4, -0.2) is 23.3 Å². The molecule has 0 spiro atoms. The Bertz CT molecular complexity index is 3170. The van der Waals surface area contributed by atoms with Crippen molar-refractivity contribution >= 4 is 57.5 Å². The van der Waals surface area contributed by atoms with E-state index < -0.39 is 47.0 Å². The highest BCUT2D eigenvalue weighted by molar-refractivity contribution is 6.56. The first-order valence-electron chi connectivity index (χ1n) is 21.6. The molecule has 0 unspecified atom stereocenters. The van der Waals surface area contributed by atoms with Crippen molar-refractivity contribution < 1.29 is 52.7 Å². The van der Waals surface area contributed by atoms with Gasteiger partial charge in [-0.1, -0.05) is 84.9 Å². The molecule has 0 atom stereocenters. The van der Waals surface area contributed by atoms with E-state index in [2.05, 4.69) is 0 Å². The number of allylic oxidation sites excluding steroid dienone is 2. The Kier molecular flexibility index (Phi) is 11.3. The highest BCUT2D eigenvalue weighted by Gasteiger charge is 2.45. The largest absolute Gasteiger partial charge is 0.416 e. The molecule has 0 amide bonds. The van der Waals surface area contributed by atoms with Crippen molar-refractivity contribution in [1.29, 1.82) is 0 Å². The number of fused-ring (bicyclic) bond motifs is 2. The maximum Gasteiger partial charge on any atom is 0.416 e. The number of anilines is 4. The monoisotopic (exact) mass is 996 g/mol. The molecule has 0 radical (unpaired) electrons. The van der Waals surface area contributed by atoms with Gasteiger partial charge in [0.25, 0.3) is 0 Å². The van der Waals surface area contributed by atoms with Gasteiger partial charge in [-0.2, -0.15) is 52.7 Å². The number of hydrogen-bond donors (Lipinski definition) is 0. The van der Waals surface area contributed by atoms with E-state index in [-0.39, 0.29) is 80.5 Å². The molecule has 364 valence electrons. The minimum Gasteiger partial charge on any atom is -0.294 e. The third-order valence-electron chi connectivity index (χ3n) is 11.9. The molecule has 0 saturated carbocycles. The summed E-state index contributed by atoms with van der Waals surface area (Å²) in [6, 6.07) is 33.6. The molecule has 6 aromatic rings. The lowest BCUT2D eigenvalue weighted by Crippen LogP contribution is -2.49. The van der Waals surface area contributed by atoms with Gasteiger partial charge in [-0.15, -0.1) is 0 Å². The smallest absolute Gasteiger partial charge is 0.294 e. The maximum atomic E-state index is 14.4. The van der Waals surface area contributed by atoms with Crippen molar-refractivity contribution in [2.45, 2.75) is 38.6 Å². The fraction of sp³-hybridized carbons (Fsp3) is 0.115. The second-order valence-corrected chi connectivity index (χ2v) is 16.5. The van der Waals surface area contributed by atoms with Crippen LogP contribution >= 0.6 is 0 Å². The van der Waals surface area contributed by atoms with Gasteiger partial charge in [0.1, 0.15) is 0 Å². The van der Waals surface area contributed by atoms with Gasteiger partial charge in [0.2, 0.25) is 11.6 Å². The second kappa shape index (κ2) is 17.2. The number of benzene rings is 6. The molecule has 10 rings (SSSR count). The number of halogens is 12. The van der Waals surface area contributed by atoms with E-state index in [4.69, 9.17) is 20.0 Å². The quantitative estimate of drug-likeness (QED) is 0.156. The van der Waals surface area contributed by atoms with Crippen LogP contribution in [0.4, 0.5) is 75.4 Å². The number of aliphatic imine (C=N–C) groups is 4. The van der Waals surface area contributed by atoms with E-state index in [1.165, 1.54) is 82.0 Å². The molecule has 4 heterocycles. The highest BCUT2D eigenvalue weighted by Crippen LogP contribution is 2.46. The first-order valence-corrected chi connectivity index (χ1v) is 21.6. The Balaban J connectivity index is 1.27. The van der Waals surface area contributed by atoms with Crippen molar-refractivity contribution in [3.63, 3.8) is 0 Å². The average molecular weight is 997 g/mol. The molecule has 0 aromatic heterocycles. The van der Waals surface area contributed by atoms with Crippen LogP contribution in [0.25, 0.3) is 11.4 Å². The minimum absolute atomic E-state index is 0.0753. The Morgan fingerprint density at radius 3 is 0.819 bits per heavy atom. The first-order chi connectivity index (χ1) is 34.1. The van der Waals surface area contributed by atoms with Crippen molar-refractivity contribution in [3.8, 4) is 0 Å². The highest BCUT2D eigenvalue weighted by atomic mass is 19.4. The van der Waals surface area contributed by atoms with Crippen LogP contribution in [0, 0.1) is 0 Å². The van der Waals surface area contributed by atoms with Crippen LogP contribution in [0.15, 0.2) is 201 Å². The van der Waals surface area contributed by atoms with Crippen molar-refractivity contribution in [2.24, 2.45) is 20.0 Å². The summed E-state index contributed by atoms with van der Waals surface area (Å²) in [5.41, 5.74) is -2.90. The zero-order chi connectivity index (χ0) is 51.1. The topological polar surface area (TPSA) is 62.4 Å². The first kappa shape index (κ1) is 47.3. The van der Waals surface area contributed by atoms with Crippen LogP contribution in [0.1, 0.15) is 47.2 Å². The Labute approximate surface area is 401 Å². The number of amidine groups is 4. The normalized spacial score (nSPS) is 17.5. The summed E-state index contributed by atoms with van der Waals surface area (Å²) in [6.07, 6.45) is -19.3.